The van der Waals surface area contributed by atoms with Crippen LogP contribution >= 0.6 is 23.4 Å². The molecule has 0 saturated carbocycles. The molecule has 0 aliphatic heterocycles. The summed E-state index contributed by atoms with van der Waals surface area (Å²) < 4.78 is 31.3. The van der Waals surface area contributed by atoms with Gasteiger partial charge < -0.3 is 4.74 Å². The van der Waals surface area contributed by atoms with Gasteiger partial charge in [-0.25, -0.2) is 0 Å². The first-order chi connectivity index (χ1) is 12.9. The molecule has 0 fully saturated rings. The smallest absolute Gasteiger partial charge is 0.387 e. The van der Waals surface area contributed by atoms with Gasteiger partial charge in [0, 0.05) is 5.02 Å². The van der Waals surface area contributed by atoms with Crippen molar-refractivity contribution in [3.63, 3.8) is 0 Å². The number of hydrogen-bond donors (Lipinski definition) is 0. The molecule has 140 valence electrons. The topological polar surface area (TPSA) is 57.0 Å². The fraction of sp³-hybridized carbons (Fsp3) is 0.167. The quantitative estimate of drug-likeness (QED) is 0.414. The number of ketones is 1. The second-order valence-corrected chi connectivity index (χ2v) is 6.93. The van der Waals surface area contributed by atoms with E-state index >= 15 is 0 Å². The van der Waals surface area contributed by atoms with Crippen LogP contribution in [0.1, 0.15) is 15.9 Å². The maximum Gasteiger partial charge on any atom is 0.387 e. The molecule has 0 bridgehead atoms. The van der Waals surface area contributed by atoms with Gasteiger partial charge in [-0.15, -0.1) is 10.2 Å². The van der Waals surface area contributed by atoms with Crippen molar-refractivity contribution in [2.45, 2.75) is 18.7 Å². The van der Waals surface area contributed by atoms with E-state index in [9.17, 15) is 13.6 Å². The van der Waals surface area contributed by atoms with Crippen molar-refractivity contribution in [3.05, 3.63) is 64.9 Å². The summed E-state index contributed by atoms with van der Waals surface area (Å²) in [5.74, 6) is -0.500. The van der Waals surface area contributed by atoms with Gasteiger partial charge >= 0.3 is 6.61 Å². The molecule has 0 aliphatic rings. The Morgan fingerprint density at radius 2 is 2.11 bits per heavy atom. The molecule has 1 aromatic heterocycles. The molecular weight excluding hydrogens is 396 g/mol. The molecule has 0 atom stereocenters. The number of alkyl halides is 2. The van der Waals surface area contributed by atoms with Crippen molar-refractivity contribution in [2.75, 3.05) is 5.75 Å². The van der Waals surface area contributed by atoms with E-state index in [-0.39, 0.29) is 22.8 Å². The maximum absolute atomic E-state index is 12.6. The Labute approximate surface area is 163 Å². The Morgan fingerprint density at radius 3 is 2.85 bits per heavy atom. The highest BCUT2D eigenvalue weighted by Crippen LogP contribution is 2.26. The number of aryl methyl sites for hydroxylation is 1. The van der Waals surface area contributed by atoms with Gasteiger partial charge in [-0.05, 0) is 37.3 Å². The van der Waals surface area contributed by atoms with Crippen molar-refractivity contribution < 1.29 is 18.3 Å². The minimum absolute atomic E-state index is 0.0116. The number of rotatable bonds is 7. The van der Waals surface area contributed by atoms with Gasteiger partial charge in [0.05, 0.1) is 17.0 Å². The fourth-order valence-corrected chi connectivity index (χ4v) is 3.39. The third-order valence-electron chi connectivity index (χ3n) is 3.59. The minimum atomic E-state index is -3.00. The van der Waals surface area contributed by atoms with Crippen LogP contribution in [0.3, 0.4) is 0 Å². The Hall–Kier alpha value is -2.45. The number of hydrogen-bond acceptors (Lipinski definition) is 5. The molecule has 0 amide bonds. The van der Waals surface area contributed by atoms with Gasteiger partial charge in [0.25, 0.3) is 0 Å². The molecule has 0 N–H and O–H groups in total. The molecule has 0 spiro atoms. The summed E-state index contributed by atoms with van der Waals surface area (Å²) in [4.78, 5) is 12.6. The van der Waals surface area contributed by atoms with Gasteiger partial charge in [0.2, 0.25) is 0 Å². The number of thioether (sulfide) groups is 1. The number of ether oxygens (including phenoxy) is 1. The largest absolute Gasteiger partial charge is 0.434 e. The van der Waals surface area contributed by atoms with Crippen molar-refractivity contribution >= 4 is 29.1 Å². The maximum atomic E-state index is 12.6. The molecule has 0 aliphatic carbocycles. The predicted octanol–water partition coefficient (Wildman–Crippen LogP) is 4.81. The van der Waals surface area contributed by atoms with Crippen LogP contribution < -0.4 is 4.74 Å². The van der Waals surface area contributed by atoms with Crippen LogP contribution in [0.5, 0.6) is 5.75 Å². The first-order valence-electron chi connectivity index (χ1n) is 7.81. The van der Waals surface area contributed by atoms with Crippen LogP contribution in [-0.2, 0) is 0 Å². The normalized spacial score (nSPS) is 11.0. The zero-order chi connectivity index (χ0) is 19.4. The summed E-state index contributed by atoms with van der Waals surface area (Å²) in [5.41, 5.74) is 1.63. The van der Waals surface area contributed by atoms with E-state index in [1.807, 2.05) is 6.07 Å². The number of nitrogens with zero attached hydrogens (tertiary/aromatic N) is 3. The number of Topliss-reactive ketones (excluding diaryl/α,β-unsaturated/α-hetero) is 1. The Balaban J connectivity index is 1.78. The van der Waals surface area contributed by atoms with Gasteiger partial charge in [0.15, 0.2) is 10.9 Å². The highest BCUT2D eigenvalue weighted by atomic mass is 35.5. The second kappa shape index (κ2) is 8.49. The highest BCUT2D eigenvalue weighted by molar-refractivity contribution is 7.99. The lowest BCUT2D eigenvalue weighted by molar-refractivity contribution is -0.0501. The average Bonchev–Trinajstić information content (AvgIpc) is 3.09. The molecule has 2 aromatic carbocycles. The molecular formula is C18H14ClF2N3O2S. The van der Waals surface area contributed by atoms with E-state index in [0.29, 0.717) is 10.2 Å². The summed E-state index contributed by atoms with van der Waals surface area (Å²) >= 11 is 7.15. The lowest BCUT2D eigenvalue weighted by Crippen LogP contribution is -2.10. The monoisotopic (exact) mass is 409 g/mol. The predicted molar refractivity (Wildman–Crippen MR) is 99.2 cm³/mol. The second-order valence-electron chi connectivity index (χ2n) is 5.55. The standard InChI is InChI=1S/C18H14ClF2N3O2S/c1-11-5-6-16(26-17(20)21)14(7-11)15(25)9-27-18-23-22-10-24(18)13-4-2-3-12(19)8-13/h2-8,10,17H,9H2,1H3. The Morgan fingerprint density at radius 1 is 1.30 bits per heavy atom. The SMILES string of the molecule is Cc1ccc(OC(F)F)c(C(=O)CSc2nncn2-c2cccc(Cl)c2)c1. The Bertz CT molecular complexity index is 965. The average molecular weight is 410 g/mol. The van der Waals surface area contributed by atoms with Crippen LogP contribution in [-0.4, -0.2) is 32.9 Å². The fourth-order valence-electron chi connectivity index (χ4n) is 2.39. The number of halogens is 3. The molecule has 3 rings (SSSR count). The van der Waals surface area contributed by atoms with Crippen LogP contribution in [0, 0.1) is 6.92 Å². The third kappa shape index (κ3) is 4.84. The number of carbonyl (C=O) groups is 1. The zero-order valence-corrected chi connectivity index (χ0v) is 15.7. The third-order valence-corrected chi connectivity index (χ3v) is 4.76. The van der Waals surface area contributed by atoms with Crippen molar-refractivity contribution in [2.24, 2.45) is 0 Å². The van der Waals surface area contributed by atoms with E-state index in [2.05, 4.69) is 14.9 Å². The molecule has 0 radical (unpaired) electrons. The van der Waals surface area contributed by atoms with Crippen molar-refractivity contribution in [1.82, 2.24) is 14.8 Å². The molecule has 0 saturated heterocycles. The molecule has 3 aromatic rings. The van der Waals surface area contributed by atoms with Crippen LogP contribution in [0.15, 0.2) is 53.9 Å². The number of benzene rings is 2. The minimum Gasteiger partial charge on any atom is -0.434 e. The van der Waals surface area contributed by atoms with E-state index in [1.54, 1.807) is 35.8 Å². The number of aromatic nitrogens is 3. The first-order valence-corrected chi connectivity index (χ1v) is 9.18. The van der Waals surface area contributed by atoms with Crippen LogP contribution in [0.25, 0.3) is 5.69 Å². The zero-order valence-electron chi connectivity index (χ0n) is 14.1. The van der Waals surface area contributed by atoms with Crippen LogP contribution in [0.4, 0.5) is 8.78 Å². The molecule has 9 heteroatoms. The molecule has 5 nitrogen and oxygen atoms in total. The van der Waals surface area contributed by atoms with E-state index < -0.39 is 6.61 Å². The first kappa shape index (κ1) is 19.3. The van der Waals surface area contributed by atoms with Crippen LogP contribution in [0.2, 0.25) is 5.02 Å². The lowest BCUT2D eigenvalue weighted by atomic mass is 10.1. The summed E-state index contributed by atoms with van der Waals surface area (Å²) in [7, 11) is 0. The molecule has 27 heavy (non-hydrogen) atoms. The summed E-state index contributed by atoms with van der Waals surface area (Å²) in [5, 5.41) is 8.91. The summed E-state index contributed by atoms with van der Waals surface area (Å²) in [6, 6.07) is 11.6. The van der Waals surface area contributed by atoms with Gasteiger partial charge in [-0.1, -0.05) is 41.1 Å². The lowest BCUT2D eigenvalue weighted by Gasteiger charge is -2.11. The Kier molecular flexibility index (Phi) is 6.08. The number of carbonyl (C=O) groups excluding carboxylic acids is 1. The van der Waals surface area contributed by atoms with Gasteiger partial charge in [-0.2, -0.15) is 8.78 Å². The van der Waals surface area contributed by atoms with E-state index in [1.165, 1.54) is 18.5 Å². The summed E-state index contributed by atoms with van der Waals surface area (Å²) in [6.45, 7) is -1.23. The van der Waals surface area contributed by atoms with Crippen molar-refractivity contribution in [1.29, 1.82) is 0 Å². The van der Waals surface area contributed by atoms with Gasteiger partial charge in [0.1, 0.15) is 12.1 Å². The molecule has 1 heterocycles. The summed E-state index contributed by atoms with van der Waals surface area (Å²) in [6.07, 6.45) is 1.51. The molecule has 0 unspecified atom stereocenters. The van der Waals surface area contributed by atoms with Gasteiger partial charge in [-0.3, -0.25) is 9.36 Å². The van der Waals surface area contributed by atoms with Crippen molar-refractivity contribution in [3.8, 4) is 11.4 Å². The van der Waals surface area contributed by atoms with E-state index in [4.69, 9.17) is 11.6 Å². The van der Waals surface area contributed by atoms with E-state index in [0.717, 1.165) is 23.0 Å². The highest BCUT2D eigenvalue weighted by Gasteiger charge is 2.18.